The van der Waals surface area contributed by atoms with E-state index < -0.39 is 0 Å². The van der Waals surface area contributed by atoms with E-state index in [0.717, 1.165) is 31.3 Å². The molecular formula is C15H17F. The van der Waals surface area contributed by atoms with E-state index in [-0.39, 0.29) is 6.67 Å². The average molecular weight is 216 g/mol. The molecule has 0 unspecified atom stereocenters. The second-order valence-corrected chi connectivity index (χ2v) is 4.27. The molecule has 0 fully saturated rings. The van der Waals surface area contributed by atoms with Gasteiger partial charge in [-0.15, -0.1) is 0 Å². The highest BCUT2D eigenvalue weighted by molar-refractivity contribution is 5.25. The molecule has 2 rings (SSSR count). The molecule has 0 saturated heterocycles. The summed E-state index contributed by atoms with van der Waals surface area (Å²) in [5.74, 6) is 0. The van der Waals surface area contributed by atoms with Crippen LogP contribution >= 0.6 is 0 Å². The fourth-order valence-corrected chi connectivity index (χ4v) is 1.99. The van der Waals surface area contributed by atoms with E-state index in [9.17, 15) is 4.39 Å². The van der Waals surface area contributed by atoms with Crippen LogP contribution in [0.3, 0.4) is 0 Å². The van der Waals surface area contributed by atoms with Gasteiger partial charge in [0, 0.05) is 0 Å². The second-order valence-electron chi connectivity index (χ2n) is 4.27. The summed E-state index contributed by atoms with van der Waals surface area (Å²) in [4.78, 5) is 0. The van der Waals surface area contributed by atoms with Crippen LogP contribution in [0.15, 0.2) is 53.6 Å². The molecule has 0 heterocycles. The van der Waals surface area contributed by atoms with Gasteiger partial charge in [-0.2, -0.15) is 0 Å². The van der Waals surface area contributed by atoms with Gasteiger partial charge in [0.2, 0.25) is 0 Å². The zero-order chi connectivity index (χ0) is 11.2. The molecule has 0 aromatic heterocycles. The molecule has 0 amide bonds. The number of hydrogen-bond acceptors (Lipinski definition) is 0. The molecule has 1 aliphatic rings. The van der Waals surface area contributed by atoms with Crippen molar-refractivity contribution in [3.63, 3.8) is 0 Å². The number of hydrogen-bond donors (Lipinski definition) is 0. The number of aryl methyl sites for hydroxylation is 1. The van der Waals surface area contributed by atoms with Crippen LogP contribution in [0.4, 0.5) is 4.39 Å². The van der Waals surface area contributed by atoms with Crippen LogP contribution in [0.1, 0.15) is 24.8 Å². The van der Waals surface area contributed by atoms with E-state index in [1.807, 2.05) is 12.1 Å². The minimum Gasteiger partial charge on any atom is -0.246 e. The molecule has 1 aliphatic carbocycles. The first-order chi connectivity index (χ1) is 7.88. The predicted octanol–water partition coefficient (Wildman–Crippen LogP) is 4.24. The van der Waals surface area contributed by atoms with Crippen molar-refractivity contribution in [2.75, 3.05) is 6.67 Å². The van der Waals surface area contributed by atoms with E-state index in [0.29, 0.717) is 0 Å². The Morgan fingerprint density at radius 2 is 1.56 bits per heavy atom. The van der Waals surface area contributed by atoms with Crippen molar-refractivity contribution in [1.29, 1.82) is 0 Å². The summed E-state index contributed by atoms with van der Waals surface area (Å²) in [5.41, 5.74) is 3.76. The van der Waals surface area contributed by atoms with E-state index in [1.165, 1.54) is 11.1 Å². The molecular weight excluding hydrogens is 199 g/mol. The van der Waals surface area contributed by atoms with Crippen molar-refractivity contribution in [3.8, 4) is 0 Å². The van der Waals surface area contributed by atoms with Gasteiger partial charge in [0.05, 0.1) is 0 Å². The van der Waals surface area contributed by atoms with Crippen LogP contribution in [-0.2, 0) is 6.42 Å². The van der Waals surface area contributed by atoms with Gasteiger partial charge in [-0.3, -0.25) is 0 Å². The molecule has 0 atom stereocenters. The molecule has 1 heteroatoms. The summed E-state index contributed by atoms with van der Waals surface area (Å²) in [7, 11) is 0. The smallest absolute Gasteiger partial charge is 0.111 e. The molecule has 0 saturated carbocycles. The number of halogens is 1. The van der Waals surface area contributed by atoms with Crippen LogP contribution in [-0.4, -0.2) is 6.67 Å². The van der Waals surface area contributed by atoms with Gasteiger partial charge >= 0.3 is 0 Å². The fourth-order valence-electron chi connectivity index (χ4n) is 1.99. The lowest BCUT2D eigenvalue weighted by molar-refractivity contribution is 0.528. The van der Waals surface area contributed by atoms with E-state index in [4.69, 9.17) is 0 Å². The zero-order valence-corrected chi connectivity index (χ0v) is 9.45. The molecule has 0 radical (unpaired) electrons. The van der Waals surface area contributed by atoms with Crippen LogP contribution in [0.2, 0.25) is 0 Å². The largest absolute Gasteiger partial charge is 0.246 e. The highest BCUT2D eigenvalue weighted by Gasteiger charge is 2.06. The highest BCUT2D eigenvalue weighted by Crippen LogP contribution is 2.22. The zero-order valence-electron chi connectivity index (χ0n) is 9.45. The van der Waals surface area contributed by atoms with Crippen LogP contribution < -0.4 is 0 Å². The van der Waals surface area contributed by atoms with E-state index in [2.05, 4.69) is 30.3 Å². The monoisotopic (exact) mass is 216 g/mol. The van der Waals surface area contributed by atoms with Crippen molar-refractivity contribution in [3.05, 3.63) is 59.2 Å². The number of allylic oxidation sites excluding steroid dienone is 4. The standard InChI is InChI=1S/C15H17F/c16-12-15-10-8-14(9-11-15)7-6-13-4-2-1-3-5-13/h1-5,8,10H,6-7,9,11-12H2. The van der Waals surface area contributed by atoms with Gasteiger partial charge in [0.1, 0.15) is 6.67 Å². The summed E-state index contributed by atoms with van der Waals surface area (Å²) in [6.07, 6.45) is 8.16. The van der Waals surface area contributed by atoms with Crippen molar-refractivity contribution >= 4 is 0 Å². The van der Waals surface area contributed by atoms with Crippen molar-refractivity contribution in [2.24, 2.45) is 0 Å². The first-order valence-electron chi connectivity index (χ1n) is 5.86. The molecule has 1 aromatic rings. The summed E-state index contributed by atoms with van der Waals surface area (Å²) in [6.45, 7) is -0.289. The minimum absolute atomic E-state index is 0.289. The number of benzene rings is 1. The Morgan fingerprint density at radius 3 is 2.19 bits per heavy atom. The Balaban J connectivity index is 1.88. The van der Waals surface area contributed by atoms with E-state index in [1.54, 1.807) is 0 Å². The van der Waals surface area contributed by atoms with Crippen LogP contribution in [0.5, 0.6) is 0 Å². The maximum atomic E-state index is 12.4. The molecule has 84 valence electrons. The SMILES string of the molecule is FCC1=CC=C(CCc2ccccc2)CC1. The van der Waals surface area contributed by atoms with Gasteiger partial charge in [-0.05, 0) is 36.8 Å². The van der Waals surface area contributed by atoms with Gasteiger partial charge in [0.25, 0.3) is 0 Å². The first kappa shape index (κ1) is 11.1. The summed E-state index contributed by atoms with van der Waals surface area (Å²) < 4.78 is 12.4. The van der Waals surface area contributed by atoms with Gasteiger partial charge in [-0.1, -0.05) is 48.1 Å². The molecule has 0 N–H and O–H groups in total. The minimum atomic E-state index is -0.289. The van der Waals surface area contributed by atoms with Crippen LogP contribution in [0.25, 0.3) is 0 Å². The quantitative estimate of drug-likeness (QED) is 0.706. The molecule has 0 spiro atoms. The number of alkyl halides is 1. The van der Waals surface area contributed by atoms with Crippen molar-refractivity contribution < 1.29 is 4.39 Å². The Kier molecular flexibility index (Phi) is 3.92. The lowest BCUT2D eigenvalue weighted by Crippen LogP contribution is -1.97. The fraction of sp³-hybridized carbons (Fsp3) is 0.333. The third-order valence-electron chi connectivity index (χ3n) is 3.07. The molecule has 1 aromatic carbocycles. The Hall–Kier alpha value is -1.37. The van der Waals surface area contributed by atoms with Gasteiger partial charge in [-0.25, -0.2) is 4.39 Å². The maximum absolute atomic E-state index is 12.4. The summed E-state index contributed by atoms with van der Waals surface area (Å²) in [6, 6.07) is 10.5. The lowest BCUT2D eigenvalue weighted by Gasteiger charge is -2.12. The first-order valence-corrected chi connectivity index (χ1v) is 5.86. The van der Waals surface area contributed by atoms with Gasteiger partial charge < -0.3 is 0 Å². The Bertz CT molecular complexity index is 387. The third kappa shape index (κ3) is 3.06. The van der Waals surface area contributed by atoms with Gasteiger partial charge in [0.15, 0.2) is 0 Å². The second kappa shape index (κ2) is 5.64. The highest BCUT2D eigenvalue weighted by atomic mass is 19.1. The van der Waals surface area contributed by atoms with Crippen molar-refractivity contribution in [1.82, 2.24) is 0 Å². The maximum Gasteiger partial charge on any atom is 0.111 e. The predicted molar refractivity (Wildman–Crippen MR) is 66.1 cm³/mol. The topological polar surface area (TPSA) is 0 Å². The molecule has 0 nitrogen and oxygen atoms in total. The van der Waals surface area contributed by atoms with Crippen molar-refractivity contribution in [2.45, 2.75) is 25.7 Å². The third-order valence-corrected chi connectivity index (χ3v) is 3.07. The lowest BCUT2D eigenvalue weighted by atomic mass is 9.94. The van der Waals surface area contributed by atoms with E-state index >= 15 is 0 Å². The normalized spacial score (nSPS) is 15.6. The molecule has 0 bridgehead atoms. The number of rotatable bonds is 4. The average Bonchev–Trinajstić information content (AvgIpc) is 2.38. The summed E-state index contributed by atoms with van der Waals surface area (Å²) >= 11 is 0. The molecule has 16 heavy (non-hydrogen) atoms. The summed E-state index contributed by atoms with van der Waals surface area (Å²) in [5, 5.41) is 0. The van der Waals surface area contributed by atoms with Crippen LogP contribution in [0, 0.1) is 0 Å². The Morgan fingerprint density at radius 1 is 0.875 bits per heavy atom. The Labute approximate surface area is 96.5 Å². The molecule has 0 aliphatic heterocycles.